The van der Waals surface area contributed by atoms with E-state index in [1.807, 2.05) is 18.2 Å². The fraction of sp³-hybridized carbons (Fsp3) is 0.474. The number of hydrogen-bond acceptors (Lipinski definition) is 7. The first-order valence-electron chi connectivity index (χ1n) is 9.82. The summed E-state index contributed by atoms with van der Waals surface area (Å²) in [6, 6.07) is 5.69. The van der Waals surface area contributed by atoms with Gasteiger partial charge in [0.05, 0.1) is 12.2 Å². The summed E-state index contributed by atoms with van der Waals surface area (Å²) in [5, 5.41) is 13.4. The number of aromatic amines is 1. The lowest BCUT2D eigenvalue weighted by atomic mass is 10.0. The lowest BCUT2D eigenvalue weighted by Crippen LogP contribution is -2.36. The van der Waals surface area contributed by atoms with Crippen LogP contribution in [0.15, 0.2) is 24.4 Å². The highest BCUT2D eigenvalue weighted by Gasteiger charge is 2.34. The van der Waals surface area contributed by atoms with Gasteiger partial charge >= 0.3 is 12.2 Å². The van der Waals surface area contributed by atoms with E-state index >= 15 is 0 Å². The number of anilines is 2. The van der Waals surface area contributed by atoms with Crippen molar-refractivity contribution in [2.24, 2.45) is 0 Å². The maximum absolute atomic E-state index is 12.2. The second-order valence-electron chi connectivity index (χ2n) is 7.59. The van der Waals surface area contributed by atoms with Crippen molar-refractivity contribution in [1.29, 1.82) is 0 Å². The number of pyridine rings is 1. The van der Waals surface area contributed by atoms with E-state index in [0.717, 1.165) is 30.6 Å². The molecule has 152 valence electrons. The second-order valence-corrected chi connectivity index (χ2v) is 7.59. The Morgan fingerprint density at radius 1 is 1.17 bits per heavy atom. The molecule has 3 atom stereocenters. The molecule has 1 saturated heterocycles. The number of carbonyl (C=O) groups excluding carboxylic acids is 2. The minimum atomic E-state index is -0.458. The zero-order valence-electron chi connectivity index (χ0n) is 15.8. The maximum Gasteiger partial charge on any atom is 0.410 e. The van der Waals surface area contributed by atoms with Gasteiger partial charge in [0.2, 0.25) is 0 Å². The lowest BCUT2D eigenvalue weighted by Gasteiger charge is -2.16. The molecule has 5 rings (SSSR count). The third-order valence-corrected chi connectivity index (χ3v) is 5.62. The molecule has 0 spiro atoms. The summed E-state index contributed by atoms with van der Waals surface area (Å²) in [6.45, 7) is 1.03. The number of carbonyl (C=O) groups is 2. The standard InChI is InChI=1S/C19H22N6O4/c26-18-21-5-6-25-10-16(29-19(25)27)15-8-12(3-4-20-15)22-17-9-14(23-24-17)11-1-2-13(7-11)28-18/h3-4,8-9,11,13,16H,1-2,5-7,10H2,(H,21,26)(H2,22,23,24)/t11-,13+,16?/m0/s1. The van der Waals surface area contributed by atoms with Crippen LogP contribution in [-0.2, 0) is 9.47 Å². The molecule has 2 aromatic rings. The van der Waals surface area contributed by atoms with Gasteiger partial charge in [-0.3, -0.25) is 10.1 Å². The van der Waals surface area contributed by atoms with Crippen LogP contribution in [0.3, 0.4) is 0 Å². The van der Waals surface area contributed by atoms with E-state index in [-0.39, 0.29) is 12.0 Å². The summed E-state index contributed by atoms with van der Waals surface area (Å²) in [4.78, 5) is 30.2. The molecule has 29 heavy (non-hydrogen) atoms. The van der Waals surface area contributed by atoms with Crippen LogP contribution >= 0.6 is 0 Å². The van der Waals surface area contributed by atoms with E-state index in [2.05, 4.69) is 25.8 Å². The first kappa shape index (κ1) is 17.8. The molecule has 0 aromatic carbocycles. The Morgan fingerprint density at radius 3 is 3.03 bits per heavy atom. The van der Waals surface area contributed by atoms with Gasteiger partial charge in [0.15, 0.2) is 11.9 Å². The molecule has 10 heteroatoms. The number of amides is 2. The first-order chi connectivity index (χ1) is 14.1. The van der Waals surface area contributed by atoms with Gasteiger partial charge in [-0.25, -0.2) is 9.59 Å². The van der Waals surface area contributed by atoms with E-state index in [0.29, 0.717) is 31.1 Å². The predicted molar refractivity (Wildman–Crippen MR) is 102 cm³/mol. The summed E-state index contributed by atoms with van der Waals surface area (Å²) < 4.78 is 11.0. The summed E-state index contributed by atoms with van der Waals surface area (Å²) in [7, 11) is 0. The molecule has 10 nitrogen and oxygen atoms in total. The van der Waals surface area contributed by atoms with Crippen LogP contribution in [0, 0.1) is 0 Å². The van der Waals surface area contributed by atoms with Crippen LogP contribution in [0.5, 0.6) is 0 Å². The molecule has 8 bridgehead atoms. The zero-order chi connectivity index (χ0) is 19.8. The van der Waals surface area contributed by atoms with Crippen molar-refractivity contribution in [1.82, 2.24) is 25.4 Å². The number of aromatic nitrogens is 3. The molecule has 1 saturated carbocycles. The molecule has 2 amide bonds. The van der Waals surface area contributed by atoms with Crippen molar-refractivity contribution in [3.8, 4) is 0 Å². The molecular weight excluding hydrogens is 376 g/mol. The Labute approximate surface area is 167 Å². The number of fused-ring (bicyclic) bond motifs is 10. The molecular formula is C19H22N6O4. The van der Waals surface area contributed by atoms with E-state index in [4.69, 9.17) is 9.47 Å². The fourth-order valence-electron chi connectivity index (χ4n) is 4.12. The largest absolute Gasteiger partial charge is 0.446 e. The van der Waals surface area contributed by atoms with Gasteiger partial charge in [0.1, 0.15) is 6.10 Å². The van der Waals surface area contributed by atoms with Gasteiger partial charge in [-0.15, -0.1) is 0 Å². The average molecular weight is 398 g/mol. The number of ether oxygens (including phenoxy) is 2. The van der Waals surface area contributed by atoms with Crippen molar-refractivity contribution >= 4 is 23.7 Å². The minimum Gasteiger partial charge on any atom is -0.446 e. The summed E-state index contributed by atoms with van der Waals surface area (Å²) >= 11 is 0. The second kappa shape index (κ2) is 7.26. The van der Waals surface area contributed by atoms with E-state index in [1.54, 1.807) is 11.1 Å². The number of alkyl carbamates (subject to hydrolysis) is 1. The third-order valence-electron chi connectivity index (χ3n) is 5.62. The van der Waals surface area contributed by atoms with Crippen LogP contribution in [0.25, 0.3) is 0 Å². The smallest absolute Gasteiger partial charge is 0.410 e. The topological polar surface area (TPSA) is 121 Å². The van der Waals surface area contributed by atoms with Crippen LogP contribution < -0.4 is 10.6 Å². The molecule has 2 aliphatic heterocycles. The van der Waals surface area contributed by atoms with Crippen LogP contribution in [0.2, 0.25) is 0 Å². The first-order valence-corrected chi connectivity index (χ1v) is 9.82. The van der Waals surface area contributed by atoms with Gasteiger partial charge in [-0.05, 0) is 31.4 Å². The molecule has 4 heterocycles. The SMILES string of the molecule is O=C1NCCN2CC(OC2=O)c2cc(ccn2)Nc2cc([nH]n2)[C@H]2CC[C@H](C2)O1. The van der Waals surface area contributed by atoms with Crippen molar-refractivity contribution < 1.29 is 19.1 Å². The quantitative estimate of drug-likeness (QED) is 0.623. The molecule has 1 unspecified atom stereocenters. The number of nitrogens with zero attached hydrogens (tertiary/aromatic N) is 3. The van der Waals surface area contributed by atoms with Gasteiger partial charge in [-0.1, -0.05) is 0 Å². The number of nitrogens with one attached hydrogen (secondary N) is 3. The zero-order valence-corrected chi connectivity index (χ0v) is 15.8. The molecule has 2 fully saturated rings. The Hall–Kier alpha value is -3.30. The van der Waals surface area contributed by atoms with E-state index in [1.165, 1.54) is 0 Å². The summed E-state index contributed by atoms with van der Waals surface area (Å²) in [5.74, 6) is 0.973. The van der Waals surface area contributed by atoms with Crippen LogP contribution in [-0.4, -0.2) is 58.0 Å². The number of H-pyrrole nitrogens is 1. The van der Waals surface area contributed by atoms with Gasteiger partial charge in [-0.2, -0.15) is 5.10 Å². The monoisotopic (exact) mass is 398 g/mol. The van der Waals surface area contributed by atoms with Crippen molar-refractivity contribution in [2.45, 2.75) is 37.4 Å². The maximum atomic E-state index is 12.2. The molecule has 0 radical (unpaired) electrons. The van der Waals surface area contributed by atoms with Gasteiger partial charge in [0.25, 0.3) is 0 Å². The Morgan fingerprint density at radius 2 is 2.10 bits per heavy atom. The van der Waals surface area contributed by atoms with E-state index in [9.17, 15) is 9.59 Å². The van der Waals surface area contributed by atoms with Gasteiger partial charge in [0, 0.05) is 42.7 Å². The van der Waals surface area contributed by atoms with Crippen LogP contribution in [0.1, 0.15) is 42.7 Å². The fourth-order valence-corrected chi connectivity index (χ4v) is 4.12. The minimum absolute atomic E-state index is 0.123. The van der Waals surface area contributed by atoms with Crippen molar-refractivity contribution in [3.05, 3.63) is 35.8 Å². The highest BCUT2D eigenvalue weighted by atomic mass is 16.6. The van der Waals surface area contributed by atoms with Crippen LogP contribution in [0.4, 0.5) is 21.1 Å². The highest BCUT2D eigenvalue weighted by molar-refractivity contribution is 5.71. The summed E-state index contributed by atoms with van der Waals surface area (Å²) in [6.07, 6.45) is 2.73. The average Bonchev–Trinajstić information content (AvgIpc) is 3.42. The number of hydrogen-bond donors (Lipinski definition) is 3. The number of rotatable bonds is 0. The molecule has 3 N–H and O–H groups in total. The molecule has 1 aliphatic carbocycles. The van der Waals surface area contributed by atoms with Crippen molar-refractivity contribution in [2.75, 3.05) is 25.0 Å². The summed E-state index contributed by atoms with van der Waals surface area (Å²) in [5.41, 5.74) is 2.51. The van der Waals surface area contributed by atoms with Crippen molar-refractivity contribution in [3.63, 3.8) is 0 Å². The predicted octanol–water partition coefficient (Wildman–Crippen LogP) is 2.42. The van der Waals surface area contributed by atoms with Gasteiger partial charge < -0.3 is 25.0 Å². The Kier molecular flexibility index (Phi) is 4.45. The molecule has 2 aromatic heterocycles. The molecule has 3 aliphatic rings. The highest BCUT2D eigenvalue weighted by Crippen LogP contribution is 2.36. The Bertz CT molecular complexity index is 931. The third kappa shape index (κ3) is 3.69. The van der Waals surface area contributed by atoms with E-state index < -0.39 is 18.3 Å². The Balaban J connectivity index is 1.41. The lowest BCUT2D eigenvalue weighted by molar-refractivity contribution is 0.0991. The normalized spacial score (nSPS) is 26.6.